The molecular weight excluding hydrogens is 378 g/mol. The number of ether oxygens (including phenoxy) is 1. The van der Waals surface area contributed by atoms with Crippen LogP contribution in [0.5, 0.6) is 0 Å². The van der Waals surface area contributed by atoms with Crippen LogP contribution in [0, 0.1) is 11.8 Å². The first-order chi connectivity index (χ1) is 12.9. The topological polar surface area (TPSA) is 72.5 Å². The molecule has 0 aliphatic carbocycles. The van der Waals surface area contributed by atoms with Crippen LogP contribution < -0.4 is 5.32 Å². The zero-order valence-electron chi connectivity index (χ0n) is 17.4. The number of hydrogen-bond acceptors (Lipinski definition) is 4. The third-order valence-corrected chi connectivity index (χ3v) is 4.07. The third-order valence-electron chi connectivity index (χ3n) is 3.96. The second-order valence-corrected chi connectivity index (χ2v) is 8.74. The highest BCUT2D eigenvalue weighted by molar-refractivity contribution is 6.31. The molecule has 0 fully saturated rings. The van der Waals surface area contributed by atoms with Crippen LogP contribution in [0.2, 0.25) is 0 Å². The summed E-state index contributed by atoms with van der Waals surface area (Å²) in [5.74, 6) is -1.90. The Morgan fingerprint density at radius 1 is 1.14 bits per heavy atom. The fourth-order valence-corrected chi connectivity index (χ4v) is 2.81. The molecular formula is C22H30ClNO4. The number of rotatable bonds is 8. The number of Topliss-reactive ketones (excluding diaryl/α,β-unsaturated/α-hetero) is 1. The van der Waals surface area contributed by atoms with Gasteiger partial charge >= 0.3 is 6.09 Å². The average molecular weight is 408 g/mol. The van der Waals surface area contributed by atoms with E-state index in [1.165, 1.54) is 6.08 Å². The Labute approximate surface area is 172 Å². The lowest BCUT2D eigenvalue weighted by molar-refractivity contribution is -0.132. The van der Waals surface area contributed by atoms with Crippen molar-refractivity contribution in [1.29, 1.82) is 0 Å². The van der Waals surface area contributed by atoms with Crippen LogP contribution in [0.15, 0.2) is 41.4 Å². The molecule has 28 heavy (non-hydrogen) atoms. The molecule has 1 aromatic rings. The number of alkyl carbamates (subject to hydrolysis) is 1. The number of amides is 1. The van der Waals surface area contributed by atoms with E-state index in [0.717, 1.165) is 5.56 Å². The summed E-state index contributed by atoms with van der Waals surface area (Å²) in [5, 5.41) is 2.93. The Balaban J connectivity index is 3.13. The Morgan fingerprint density at radius 3 is 2.18 bits per heavy atom. The van der Waals surface area contributed by atoms with E-state index < -0.39 is 23.7 Å². The van der Waals surface area contributed by atoms with Crippen LogP contribution in [-0.4, -0.2) is 29.3 Å². The van der Waals surface area contributed by atoms with Crippen LogP contribution in [0.1, 0.15) is 47.1 Å². The normalized spacial score (nSPS) is 14.4. The Kier molecular flexibility index (Phi) is 8.89. The molecule has 0 aliphatic heterocycles. The maximum atomic E-state index is 13.2. The van der Waals surface area contributed by atoms with Gasteiger partial charge in [-0.05, 0) is 51.7 Å². The maximum Gasteiger partial charge on any atom is 0.408 e. The number of carbonyl (C=O) groups is 3. The van der Waals surface area contributed by atoms with Crippen molar-refractivity contribution in [2.75, 3.05) is 0 Å². The Hall–Kier alpha value is -2.14. The van der Waals surface area contributed by atoms with Gasteiger partial charge in [0.05, 0.1) is 12.0 Å². The molecule has 0 radical (unpaired) electrons. The average Bonchev–Trinajstić information content (AvgIpc) is 2.55. The number of carbonyl (C=O) groups excluding carboxylic acids is 3. The quantitative estimate of drug-likeness (QED) is 0.501. The molecule has 0 saturated heterocycles. The molecule has 0 heterocycles. The van der Waals surface area contributed by atoms with Crippen molar-refractivity contribution >= 4 is 29.3 Å². The van der Waals surface area contributed by atoms with Crippen LogP contribution in [0.3, 0.4) is 0 Å². The van der Waals surface area contributed by atoms with E-state index in [1.807, 2.05) is 44.2 Å². The standard InChI is InChI=1S/C22H30ClNO4/c1-14(2)19(24-21(27)28-22(4,5)6)20(26)17(18(25)12-15(3)23)13-16-10-8-7-9-11-16/h7-12,14,17,19H,13H2,1-6H3,(H,24,27)/b15-12-. The van der Waals surface area contributed by atoms with E-state index in [1.54, 1.807) is 27.7 Å². The lowest BCUT2D eigenvalue weighted by Crippen LogP contribution is -2.50. The van der Waals surface area contributed by atoms with Gasteiger partial charge in [0.25, 0.3) is 0 Å². The molecule has 0 saturated carbocycles. The highest BCUT2D eigenvalue weighted by atomic mass is 35.5. The SMILES string of the molecule is C/C(Cl)=C/C(=O)C(Cc1ccccc1)C(=O)C(NC(=O)OC(C)(C)C)C(C)C. The van der Waals surface area contributed by atoms with Gasteiger partial charge in [-0.15, -0.1) is 0 Å². The molecule has 1 amide bonds. The first kappa shape index (κ1) is 23.9. The zero-order valence-corrected chi connectivity index (χ0v) is 18.2. The van der Waals surface area contributed by atoms with Crippen molar-refractivity contribution in [3.05, 3.63) is 47.0 Å². The minimum absolute atomic E-state index is 0.216. The van der Waals surface area contributed by atoms with Gasteiger partial charge in [0.1, 0.15) is 5.60 Å². The van der Waals surface area contributed by atoms with Gasteiger partial charge in [-0.1, -0.05) is 55.8 Å². The summed E-state index contributed by atoms with van der Waals surface area (Å²) < 4.78 is 5.27. The van der Waals surface area contributed by atoms with Crippen molar-refractivity contribution < 1.29 is 19.1 Å². The van der Waals surface area contributed by atoms with Crippen molar-refractivity contribution in [1.82, 2.24) is 5.32 Å². The second-order valence-electron chi connectivity index (χ2n) is 8.15. The van der Waals surface area contributed by atoms with E-state index in [0.29, 0.717) is 5.03 Å². The molecule has 1 aromatic carbocycles. The second kappa shape index (κ2) is 10.4. The fourth-order valence-electron chi connectivity index (χ4n) is 2.71. The number of allylic oxidation sites excluding steroid dienone is 2. The molecule has 154 valence electrons. The molecule has 2 unspecified atom stereocenters. The number of nitrogens with one attached hydrogen (secondary N) is 1. The molecule has 2 atom stereocenters. The molecule has 5 nitrogen and oxygen atoms in total. The van der Waals surface area contributed by atoms with Gasteiger partial charge in [0.15, 0.2) is 11.6 Å². The molecule has 0 spiro atoms. The summed E-state index contributed by atoms with van der Waals surface area (Å²) in [7, 11) is 0. The first-order valence-corrected chi connectivity index (χ1v) is 9.73. The van der Waals surface area contributed by atoms with Gasteiger partial charge in [-0.3, -0.25) is 9.59 Å². The summed E-state index contributed by atoms with van der Waals surface area (Å²) >= 11 is 5.86. The summed E-state index contributed by atoms with van der Waals surface area (Å²) in [5.41, 5.74) is 0.168. The van der Waals surface area contributed by atoms with E-state index in [2.05, 4.69) is 5.32 Å². The van der Waals surface area contributed by atoms with E-state index in [9.17, 15) is 14.4 Å². The number of ketones is 2. The summed E-state index contributed by atoms with van der Waals surface area (Å²) in [6, 6.07) is 8.43. The van der Waals surface area contributed by atoms with Gasteiger partial charge in [-0.25, -0.2) is 4.79 Å². The number of halogens is 1. The van der Waals surface area contributed by atoms with Crippen LogP contribution >= 0.6 is 11.6 Å². The fraction of sp³-hybridized carbons (Fsp3) is 0.500. The molecule has 6 heteroatoms. The number of hydrogen-bond donors (Lipinski definition) is 1. The lowest BCUT2D eigenvalue weighted by atomic mass is 9.84. The zero-order chi connectivity index (χ0) is 21.5. The largest absolute Gasteiger partial charge is 0.444 e. The highest BCUT2D eigenvalue weighted by Crippen LogP contribution is 2.19. The van der Waals surface area contributed by atoms with E-state index >= 15 is 0 Å². The predicted molar refractivity (Wildman–Crippen MR) is 111 cm³/mol. The molecule has 1 N–H and O–H groups in total. The summed E-state index contributed by atoms with van der Waals surface area (Å²) in [6.07, 6.45) is 0.811. The van der Waals surface area contributed by atoms with E-state index in [4.69, 9.17) is 16.3 Å². The highest BCUT2D eigenvalue weighted by Gasteiger charge is 2.35. The Bertz CT molecular complexity index is 716. The number of benzene rings is 1. The molecule has 0 aliphatic rings. The maximum absolute atomic E-state index is 13.2. The van der Waals surface area contributed by atoms with Gasteiger partial charge < -0.3 is 10.1 Å². The van der Waals surface area contributed by atoms with Crippen LogP contribution in [0.4, 0.5) is 4.79 Å². The first-order valence-electron chi connectivity index (χ1n) is 9.35. The minimum atomic E-state index is -0.946. The minimum Gasteiger partial charge on any atom is -0.444 e. The Morgan fingerprint density at radius 2 is 1.71 bits per heavy atom. The van der Waals surface area contributed by atoms with Crippen molar-refractivity contribution in [3.63, 3.8) is 0 Å². The van der Waals surface area contributed by atoms with Crippen LogP contribution in [-0.2, 0) is 20.7 Å². The van der Waals surface area contributed by atoms with Gasteiger partial charge in [-0.2, -0.15) is 0 Å². The monoisotopic (exact) mass is 407 g/mol. The third kappa shape index (κ3) is 8.26. The van der Waals surface area contributed by atoms with Crippen molar-refractivity contribution in [3.8, 4) is 0 Å². The molecule has 0 aromatic heterocycles. The van der Waals surface area contributed by atoms with E-state index in [-0.39, 0.29) is 23.9 Å². The van der Waals surface area contributed by atoms with Crippen molar-refractivity contribution in [2.45, 2.75) is 59.6 Å². The van der Waals surface area contributed by atoms with Crippen molar-refractivity contribution in [2.24, 2.45) is 11.8 Å². The van der Waals surface area contributed by atoms with Gasteiger partial charge in [0.2, 0.25) is 0 Å². The predicted octanol–water partition coefficient (Wildman–Crippen LogP) is 4.68. The molecule has 0 bridgehead atoms. The lowest BCUT2D eigenvalue weighted by Gasteiger charge is -2.27. The molecule has 1 rings (SSSR count). The van der Waals surface area contributed by atoms with Gasteiger partial charge in [0, 0.05) is 5.03 Å². The summed E-state index contributed by atoms with van der Waals surface area (Å²) in [4.78, 5) is 38.2. The smallest absolute Gasteiger partial charge is 0.408 e. The van der Waals surface area contributed by atoms with Crippen LogP contribution in [0.25, 0.3) is 0 Å². The summed E-state index contributed by atoms with van der Waals surface area (Å²) in [6.45, 7) is 10.4.